The number of hydrogen-bond acceptors (Lipinski definition) is 6. The van der Waals surface area contributed by atoms with Crippen LogP contribution in [0.25, 0.3) is 0 Å². The van der Waals surface area contributed by atoms with Crippen molar-refractivity contribution in [2.24, 2.45) is 0 Å². The Bertz CT molecular complexity index is 1410. The van der Waals surface area contributed by atoms with Crippen LogP contribution in [0, 0.1) is 6.92 Å². The van der Waals surface area contributed by atoms with Crippen LogP contribution < -0.4 is 4.90 Å². The number of aromatic nitrogens is 1. The summed E-state index contributed by atoms with van der Waals surface area (Å²) in [6.45, 7) is 5.39. The Morgan fingerprint density at radius 1 is 0.917 bits per heavy atom. The van der Waals surface area contributed by atoms with Gasteiger partial charge < -0.3 is 4.74 Å². The van der Waals surface area contributed by atoms with E-state index in [4.69, 9.17) is 4.74 Å². The van der Waals surface area contributed by atoms with E-state index in [0.29, 0.717) is 16.4 Å². The van der Waals surface area contributed by atoms with E-state index in [1.807, 2.05) is 50.2 Å². The van der Waals surface area contributed by atoms with Crippen molar-refractivity contribution >= 4 is 39.8 Å². The van der Waals surface area contributed by atoms with Crippen LogP contribution in [-0.2, 0) is 22.6 Å². The quantitative estimate of drug-likeness (QED) is 0.211. The molecule has 0 unspecified atom stereocenters. The minimum Gasteiger partial charge on any atom is -0.456 e. The number of ketones is 1. The van der Waals surface area contributed by atoms with Gasteiger partial charge in [-0.25, -0.2) is 9.78 Å². The molecule has 7 heteroatoms. The van der Waals surface area contributed by atoms with Crippen LogP contribution in [0.1, 0.15) is 56.9 Å². The minimum atomic E-state index is -0.611. The van der Waals surface area contributed by atoms with E-state index >= 15 is 0 Å². The lowest BCUT2D eigenvalue weighted by Gasteiger charge is -2.20. The first-order chi connectivity index (χ1) is 17.4. The highest BCUT2D eigenvalue weighted by molar-refractivity contribution is 7.14. The van der Waals surface area contributed by atoms with Crippen molar-refractivity contribution in [3.63, 3.8) is 0 Å². The zero-order valence-corrected chi connectivity index (χ0v) is 21.2. The van der Waals surface area contributed by atoms with Gasteiger partial charge in [0, 0.05) is 23.4 Å². The van der Waals surface area contributed by atoms with E-state index in [1.54, 1.807) is 46.7 Å². The third kappa shape index (κ3) is 5.42. The van der Waals surface area contributed by atoms with Gasteiger partial charge >= 0.3 is 5.97 Å². The zero-order chi connectivity index (χ0) is 25.7. The third-order valence-corrected chi connectivity index (χ3v) is 6.59. The smallest absolute Gasteiger partial charge is 0.339 e. The second kappa shape index (κ2) is 11.1. The summed E-state index contributed by atoms with van der Waals surface area (Å²) in [6, 6.07) is 21.5. The Morgan fingerprint density at radius 3 is 2.28 bits per heavy atom. The number of ether oxygens (including phenoxy) is 1. The lowest BCUT2D eigenvalue weighted by Crippen LogP contribution is -2.23. The van der Waals surface area contributed by atoms with Gasteiger partial charge in [0.25, 0.3) is 0 Å². The fourth-order valence-corrected chi connectivity index (χ4v) is 4.70. The molecule has 0 aliphatic heterocycles. The Kier molecular flexibility index (Phi) is 7.71. The summed E-state index contributed by atoms with van der Waals surface area (Å²) in [5.41, 5.74) is 4.36. The molecule has 0 N–H and O–H groups in total. The summed E-state index contributed by atoms with van der Waals surface area (Å²) < 4.78 is 5.51. The number of thiazole rings is 1. The molecule has 3 aromatic carbocycles. The number of amides is 1. The monoisotopic (exact) mass is 498 g/mol. The van der Waals surface area contributed by atoms with E-state index in [2.05, 4.69) is 4.98 Å². The van der Waals surface area contributed by atoms with Crippen LogP contribution in [0.2, 0.25) is 0 Å². The largest absolute Gasteiger partial charge is 0.456 e. The molecular weight excluding hydrogens is 472 g/mol. The normalized spacial score (nSPS) is 10.6. The number of para-hydroxylation sites is 1. The van der Waals surface area contributed by atoms with Gasteiger partial charge in [-0.1, -0.05) is 73.2 Å². The summed E-state index contributed by atoms with van der Waals surface area (Å²) in [7, 11) is 0. The standard InChI is InChI=1S/C29H26N2O4S/c1-4-21-9-5-8-12-26(21)31(20(3)32)29-30-23(18-36-29)17-35-28(34)25-11-7-6-10-24(25)27(33)22-15-13-19(2)14-16-22/h5-16,18H,4,17H2,1-3H3. The van der Waals surface area contributed by atoms with Crippen molar-refractivity contribution in [1.29, 1.82) is 0 Å². The zero-order valence-electron chi connectivity index (χ0n) is 20.4. The molecule has 1 aromatic heterocycles. The Labute approximate surface area is 214 Å². The van der Waals surface area contributed by atoms with E-state index in [-0.39, 0.29) is 29.4 Å². The second-order valence-corrected chi connectivity index (χ2v) is 9.11. The summed E-state index contributed by atoms with van der Waals surface area (Å²) in [4.78, 5) is 44.6. The van der Waals surface area contributed by atoms with Crippen molar-refractivity contribution < 1.29 is 19.1 Å². The maximum Gasteiger partial charge on any atom is 0.339 e. The van der Waals surface area contributed by atoms with Crippen LogP contribution in [0.4, 0.5) is 10.8 Å². The SMILES string of the molecule is CCc1ccccc1N(C(C)=O)c1nc(COC(=O)c2ccccc2C(=O)c2ccc(C)cc2)cs1. The molecule has 0 fully saturated rings. The minimum absolute atomic E-state index is 0.0798. The fourth-order valence-electron chi connectivity index (χ4n) is 3.84. The highest BCUT2D eigenvalue weighted by atomic mass is 32.1. The van der Waals surface area contributed by atoms with Gasteiger partial charge in [0.15, 0.2) is 10.9 Å². The molecule has 0 saturated heterocycles. The molecule has 0 saturated carbocycles. The number of hydrogen-bond donors (Lipinski definition) is 0. The molecule has 0 atom stereocenters. The van der Waals surface area contributed by atoms with Crippen molar-refractivity contribution in [3.8, 4) is 0 Å². The molecular formula is C29H26N2O4S. The molecule has 1 heterocycles. The highest BCUT2D eigenvalue weighted by Gasteiger charge is 2.22. The number of nitrogens with zero attached hydrogens (tertiary/aromatic N) is 2. The van der Waals surface area contributed by atoms with Crippen molar-refractivity contribution in [2.45, 2.75) is 33.8 Å². The molecule has 4 aromatic rings. The van der Waals surface area contributed by atoms with Gasteiger partial charge in [-0.15, -0.1) is 11.3 Å². The summed E-state index contributed by atoms with van der Waals surface area (Å²) >= 11 is 1.30. The van der Waals surface area contributed by atoms with E-state index in [0.717, 1.165) is 23.2 Å². The lowest BCUT2D eigenvalue weighted by atomic mass is 9.98. The Morgan fingerprint density at radius 2 is 1.58 bits per heavy atom. The number of rotatable bonds is 8. The van der Waals surface area contributed by atoms with Crippen LogP contribution in [0.5, 0.6) is 0 Å². The van der Waals surface area contributed by atoms with Gasteiger partial charge in [-0.2, -0.15) is 0 Å². The molecule has 0 aliphatic carbocycles. The number of benzene rings is 3. The van der Waals surface area contributed by atoms with Gasteiger partial charge in [0.05, 0.1) is 16.9 Å². The Balaban J connectivity index is 1.51. The fraction of sp³-hybridized carbons (Fsp3) is 0.172. The maximum atomic E-state index is 13.0. The average molecular weight is 499 g/mol. The topological polar surface area (TPSA) is 76.6 Å². The molecule has 36 heavy (non-hydrogen) atoms. The number of aryl methyl sites for hydroxylation is 2. The molecule has 0 aliphatic rings. The van der Waals surface area contributed by atoms with Crippen LogP contribution in [-0.4, -0.2) is 22.6 Å². The molecule has 4 rings (SSSR count). The average Bonchev–Trinajstić information content (AvgIpc) is 3.36. The van der Waals surface area contributed by atoms with Gasteiger partial charge in [-0.3, -0.25) is 14.5 Å². The van der Waals surface area contributed by atoms with Gasteiger partial charge in [-0.05, 0) is 31.0 Å². The predicted octanol–water partition coefficient (Wildman–Crippen LogP) is 6.29. The Hall–Kier alpha value is -4.10. The number of anilines is 2. The van der Waals surface area contributed by atoms with Crippen LogP contribution in [0.15, 0.2) is 78.2 Å². The second-order valence-electron chi connectivity index (χ2n) is 8.27. The summed E-state index contributed by atoms with van der Waals surface area (Å²) in [6.07, 6.45) is 0.774. The van der Waals surface area contributed by atoms with Crippen molar-refractivity contribution in [1.82, 2.24) is 4.98 Å². The molecule has 0 radical (unpaired) electrons. The molecule has 0 spiro atoms. The first-order valence-corrected chi connectivity index (χ1v) is 12.5. The van der Waals surface area contributed by atoms with Crippen molar-refractivity contribution in [3.05, 3.63) is 112 Å². The van der Waals surface area contributed by atoms with Crippen LogP contribution >= 0.6 is 11.3 Å². The summed E-state index contributed by atoms with van der Waals surface area (Å²) in [5.74, 6) is -1.01. The molecule has 0 bridgehead atoms. The molecule has 6 nitrogen and oxygen atoms in total. The van der Waals surface area contributed by atoms with E-state index in [1.165, 1.54) is 18.3 Å². The van der Waals surface area contributed by atoms with E-state index in [9.17, 15) is 14.4 Å². The van der Waals surface area contributed by atoms with E-state index < -0.39 is 5.97 Å². The van der Waals surface area contributed by atoms with Crippen LogP contribution in [0.3, 0.4) is 0 Å². The van der Waals surface area contributed by atoms with Gasteiger partial charge in [0.2, 0.25) is 5.91 Å². The number of esters is 1. The maximum absolute atomic E-state index is 13.0. The number of carbonyl (C=O) groups is 3. The van der Waals surface area contributed by atoms with Crippen molar-refractivity contribution in [2.75, 3.05) is 4.90 Å². The van der Waals surface area contributed by atoms with Gasteiger partial charge in [0.1, 0.15) is 6.61 Å². The first kappa shape index (κ1) is 25.0. The predicted molar refractivity (Wildman–Crippen MR) is 141 cm³/mol. The molecule has 182 valence electrons. The third-order valence-electron chi connectivity index (χ3n) is 5.72. The molecule has 1 amide bonds. The first-order valence-electron chi connectivity index (χ1n) is 11.6. The highest BCUT2D eigenvalue weighted by Crippen LogP contribution is 2.32. The summed E-state index contributed by atoms with van der Waals surface area (Å²) in [5, 5.41) is 2.26. The number of carbonyl (C=O) groups excluding carboxylic acids is 3. The lowest BCUT2D eigenvalue weighted by molar-refractivity contribution is -0.115.